The Hall–Kier alpha value is 1.35. The molecule has 1 aliphatic rings. The monoisotopic (exact) mass is 586 g/mol. The summed E-state index contributed by atoms with van der Waals surface area (Å²) in [6.07, 6.45) is 1.81. The molecule has 16 heteroatoms. The molecule has 0 radical (unpaired) electrons. The molecule has 0 aromatic heterocycles. The molecule has 0 spiro atoms. The normalized spacial score (nSPS) is 18.3. The van der Waals surface area contributed by atoms with Crippen molar-refractivity contribution in [1.29, 1.82) is 0 Å². The second-order valence-corrected chi connectivity index (χ2v) is 11.8. The van der Waals surface area contributed by atoms with Crippen LogP contribution in [-0.2, 0) is 34.3 Å². The van der Waals surface area contributed by atoms with Gasteiger partial charge in [-0.05, 0) is 45.7 Å². The number of rotatable bonds is 17. The number of fused-ring (bicyclic) bond motifs is 1. The maximum absolute atomic E-state index is 11.0. The minimum absolute atomic E-state index is 0. The number of benzene rings is 1. The molecule has 1 heterocycles. The fraction of sp³-hybridized carbons (Fsp3) is 0.700. The van der Waals surface area contributed by atoms with Gasteiger partial charge in [-0.25, -0.2) is 8.42 Å². The Kier molecular flexibility index (Phi) is 19.4. The fourth-order valence-electron chi connectivity index (χ4n) is 4.34. The van der Waals surface area contributed by atoms with Gasteiger partial charge in [0.05, 0.1) is 22.7 Å². The van der Waals surface area contributed by atoms with Gasteiger partial charge in [0.25, 0.3) is 0 Å². The summed E-state index contributed by atoms with van der Waals surface area (Å²) in [5, 5.41) is 26.7. The van der Waals surface area contributed by atoms with E-state index in [1.165, 1.54) is 10.5 Å². The van der Waals surface area contributed by atoms with Gasteiger partial charge in [0, 0.05) is 83.6 Å². The molecular weight excluding hydrogens is 554 g/mol. The molecule has 36 heavy (non-hydrogen) atoms. The van der Waals surface area contributed by atoms with E-state index in [2.05, 4.69) is 56.5 Å². The maximum Gasteiger partial charge on any atom is 1.00 e. The van der Waals surface area contributed by atoms with Crippen LogP contribution in [0.15, 0.2) is 18.2 Å². The predicted octanol–water partition coefficient (Wildman–Crippen LogP) is -5.84. The van der Waals surface area contributed by atoms with Crippen LogP contribution in [0, 0.1) is 0 Å². The zero-order valence-electron chi connectivity index (χ0n) is 21.5. The summed E-state index contributed by atoms with van der Waals surface area (Å²) in [7, 11) is -4.23. The Morgan fingerprint density at radius 1 is 1.03 bits per heavy atom. The smallest absolute Gasteiger partial charge is 0.748 e. The average Bonchev–Trinajstić information content (AvgIpc) is 2.97. The zero-order valence-corrected chi connectivity index (χ0v) is 28.0. The molecule has 0 fully saturated rings. The van der Waals surface area contributed by atoms with Crippen molar-refractivity contribution in [3.8, 4) is 0 Å². The third kappa shape index (κ3) is 11.8. The Bertz CT molecular complexity index is 855. The summed E-state index contributed by atoms with van der Waals surface area (Å²) in [4.78, 5) is 3.40. The van der Waals surface area contributed by atoms with Crippen molar-refractivity contribution in [2.75, 3.05) is 41.8 Å². The molecule has 1 N–H and O–H groups in total. The summed E-state index contributed by atoms with van der Waals surface area (Å²) in [6, 6.07) is 6.52. The second-order valence-electron chi connectivity index (χ2n) is 8.67. The van der Waals surface area contributed by atoms with Crippen LogP contribution in [-0.4, -0.2) is 55.9 Å². The molecule has 0 saturated carbocycles. The summed E-state index contributed by atoms with van der Waals surface area (Å²) < 4.78 is 41.8. The van der Waals surface area contributed by atoms with Gasteiger partial charge in [-0.15, -0.1) is 0 Å². The van der Waals surface area contributed by atoms with Crippen molar-refractivity contribution < 1.29 is 106 Å². The van der Waals surface area contributed by atoms with Crippen LogP contribution in [0.25, 0.3) is 0 Å². The van der Waals surface area contributed by atoms with E-state index in [4.69, 9.17) is 0 Å². The van der Waals surface area contributed by atoms with Gasteiger partial charge in [0.2, 0.25) is 0 Å². The number of quaternary nitrogens is 1. The standard InChI is InChI=1S/C20H34N2O9S3.2Na/c1-16-20(2,3)18-15-17(7-8-19(18)22(16)11-6-14-34(25,26)27)21(9-4-12-32-30-28-23)10-5-13-33-31-29-24;;/h7-8,15-16,23-24H,4-6,9-14H2,1-3H3,(H,25,26,27);;/q;2*+1/p-2. The van der Waals surface area contributed by atoms with Gasteiger partial charge >= 0.3 is 59.1 Å². The number of nitrogens with zero attached hydrogens (tertiary/aromatic N) is 1. The first kappa shape index (κ1) is 37.4. The van der Waals surface area contributed by atoms with Gasteiger partial charge in [-0.1, -0.05) is 0 Å². The van der Waals surface area contributed by atoms with Crippen molar-refractivity contribution in [2.45, 2.75) is 51.5 Å². The van der Waals surface area contributed by atoms with Crippen molar-refractivity contribution in [3.05, 3.63) is 23.8 Å². The molecule has 2 unspecified atom stereocenters. The van der Waals surface area contributed by atoms with Crippen LogP contribution in [0.3, 0.4) is 0 Å². The van der Waals surface area contributed by atoms with E-state index < -0.39 is 10.1 Å². The van der Waals surface area contributed by atoms with Crippen LogP contribution in [0.1, 0.15) is 45.6 Å². The number of anilines is 1. The first-order chi connectivity index (χ1) is 16.1. The molecule has 1 aromatic rings. The maximum atomic E-state index is 11.0. The summed E-state index contributed by atoms with van der Waals surface area (Å²) in [6.45, 7) is 8.49. The van der Waals surface area contributed by atoms with E-state index >= 15 is 0 Å². The predicted molar refractivity (Wildman–Crippen MR) is 124 cm³/mol. The van der Waals surface area contributed by atoms with Gasteiger partial charge in [-0.3, -0.25) is 15.0 Å². The molecule has 1 aromatic carbocycles. The van der Waals surface area contributed by atoms with Crippen LogP contribution in [0.2, 0.25) is 0 Å². The largest absolute Gasteiger partial charge is 1.00 e. The quantitative estimate of drug-likeness (QED) is 0.0463. The Balaban J connectivity index is 0.00000612. The summed E-state index contributed by atoms with van der Waals surface area (Å²) >= 11 is 1.90. The number of hydrogen-bond acceptors (Lipinski definition) is 12. The van der Waals surface area contributed by atoms with Crippen molar-refractivity contribution in [3.63, 3.8) is 0 Å². The number of nitrogens with one attached hydrogen (secondary N) is 1. The molecule has 2 atom stereocenters. The second kappa shape index (κ2) is 18.7. The first-order valence-corrected chi connectivity index (χ1v) is 14.4. The van der Waals surface area contributed by atoms with E-state index in [9.17, 15) is 23.5 Å². The van der Waals surface area contributed by atoms with Gasteiger partial charge in [0.1, 0.15) is 5.69 Å². The third-order valence-electron chi connectivity index (χ3n) is 6.32. The van der Waals surface area contributed by atoms with E-state index in [0.717, 1.165) is 48.3 Å². The van der Waals surface area contributed by atoms with Crippen LogP contribution in [0.5, 0.6) is 0 Å². The zero-order chi connectivity index (χ0) is 25.2. The van der Waals surface area contributed by atoms with E-state index in [-0.39, 0.29) is 76.3 Å². The summed E-state index contributed by atoms with van der Waals surface area (Å²) in [5.74, 6) is 0.798. The Morgan fingerprint density at radius 2 is 1.58 bits per heavy atom. The first-order valence-electron chi connectivity index (χ1n) is 11.0. The van der Waals surface area contributed by atoms with Crippen LogP contribution in [0.4, 0.5) is 11.4 Å². The van der Waals surface area contributed by atoms with Crippen LogP contribution >= 0.6 is 24.1 Å². The van der Waals surface area contributed by atoms with Crippen molar-refractivity contribution in [2.24, 2.45) is 0 Å². The molecule has 0 bridgehead atoms. The minimum atomic E-state index is -4.23. The molecule has 0 saturated heterocycles. The molecule has 1 aliphatic heterocycles. The van der Waals surface area contributed by atoms with E-state index in [1.807, 2.05) is 6.07 Å². The molecule has 0 amide bonds. The third-order valence-corrected chi connectivity index (χ3v) is 8.32. The fourth-order valence-corrected chi connectivity index (χ4v) is 5.55. The van der Waals surface area contributed by atoms with Crippen molar-refractivity contribution in [1.82, 2.24) is 0 Å². The molecule has 196 valence electrons. The van der Waals surface area contributed by atoms with Crippen molar-refractivity contribution >= 4 is 45.6 Å². The SMILES string of the molecule is CC1[NH+](CCCS(=O)(=O)[O-])c2ccc(N(CCCSOO[O-])CCCSOO[O-])cc2C1(C)C.[Na+].[Na+]. The molecular formula is C20H32N2Na2O9S3. The molecule has 11 nitrogen and oxygen atoms in total. The minimum Gasteiger partial charge on any atom is -0.748 e. The van der Waals surface area contributed by atoms with E-state index in [0.29, 0.717) is 37.6 Å². The molecule has 2 rings (SSSR count). The van der Waals surface area contributed by atoms with Gasteiger partial charge < -0.3 is 20.0 Å². The molecule has 0 aliphatic carbocycles. The average molecular weight is 587 g/mol. The van der Waals surface area contributed by atoms with Gasteiger partial charge in [0.15, 0.2) is 0 Å². The van der Waals surface area contributed by atoms with Crippen LogP contribution < -0.4 is 79.4 Å². The summed E-state index contributed by atoms with van der Waals surface area (Å²) in [5.41, 5.74) is 3.21. The Labute approximate surface area is 266 Å². The van der Waals surface area contributed by atoms with E-state index in [1.54, 1.807) is 0 Å². The Morgan fingerprint density at radius 3 is 2.08 bits per heavy atom. The number of hydrogen-bond donors (Lipinski definition) is 1. The van der Waals surface area contributed by atoms with Gasteiger partial charge in [-0.2, -0.15) is 8.67 Å². The topological polar surface area (TPSA) is 148 Å².